The molecule has 0 atom stereocenters. The zero-order valence-corrected chi connectivity index (χ0v) is 16.8. The fourth-order valence-electron chi connectivity index (χ4n) is 0. The van der Waals surface area contributed by atoms with Gasteiger partial charge in [-0.05, 0) is 0 Å². The molecule has 106 valence electrons. The summed E-state index contributed by atoms with van der Waals surface area (Å²) in [4.78, 5) is 0. The van der Waals surface area contributed by atoms with Crippen LogP contribution in [-0.2, 0) is 39.3 Å². The van der Waals surface area contributed by atoms with Crippen LogP contribution in [0.3, 0.4) is 0 Å². The Bertz CT molecular complexity index is 114. The second kappa shape index (κ2) is 121. The summed E-state index contributed by atoms with van der Waals surface area (Å²) in [5.41, 5.74) is 0. The van der Waals surface area contributed by atoms with Crippen LogP contribution in [0.4, 0.5) is 0 Å². The minimum absolute atomic E-state index is 0. The van der Waals surface area contributed by atoms with Crippen LogP contribution < -0.4 is 0 Å². The SMILES string of the molecule is [Ni].[O]=[Al][OH].[O]=[Al][OH].[O]=[Al][OH].[O]=[Al][OH].[O]=[Al][OH].[O]=[Al][OH]. The first kappa shape index (κ1) is 42.7. The third kappa shape index (κ3) is 3470. The summed E-state index contributed by atoms with van der Waals surface area (Å²) < 4.78 is 94.0. The van der Waals surface area contributed by atoms with Gasteiger partial charge in [-0.15, -0.1) is 0 Å². The maximum atomic E-state index is 8.57. The molecule has 19 heteroatoms. The van der Waals surface area contributed by atoms with Gasteiger partial charge in [-0.3, -0.25) is 0 Å². The molecule has 0 aliphatic heterocycles. The van der Waals surface area contributed by atoms with E-state index in [1.54, 1.807) is 0 Å². The molecule has 0 aromatic rings. The van der Waals surface area contributed by atoms with Gasteiger partial charge in [0, 0.05) is 16.5 Å². The van der Waals surface area contributed by atoms with Gasteiger partial charge >= 0.3 is 141 Å². The molecule has 0 aliphatic carbocycles. The van der Waals surface area contributed by atoms with Crippen LogP contribution in [0.2, 0.25) is 0 Å². The van der Waals surface area contributed by atoms with E-state index < -0.39 is 92.9 Å². The first-order valence-corrected chi connectivity index (χ1v) is 8.89. The number of hydrogen-bond acceptors (Lipinski definition) is 6. The standard InChI is InChI=1S/6Al.Ni.6H2O.6O/h;;;;;;;6*1H2;;;;;;/q6*+1;;;;;;;;;;;;;/p-6. The molecule has 0 aromatic heterocycles. The van der Waals surface area contributed by atoms with E-state index in [9.17, 15) is 0 Å². The van der Waals surface area contributed by atoms with Crippen molar-refractivity contribution in [2.75, 3.05) is 0 Å². The molecule has 0 saturated carbocycles. The van der Waals surface area contributed by atoms with Gasteiger partial charge in [0.05, 0.1) is 0 Å². The molecule has 0 fully saturated rings. The van der Waals surface area contributed by atoms with Crippen molar-refractivity contribution in [3.05, 3.63) is 0 Å². The molecule has 0 radical (unpaired) electrons. The third-order valence-corrected chi connectivity index (χ3v) is 0. The van der Waals surface area contributed by atoms with Crippen molar-refractivity contribution in [2.24, 2.45) is 0 Å². The van der Waals surface area contributed by atoms with E-state index in [4.69, 9.17) is 47.8 Å². The Morgan fingerprint density at radius 3 is 0.368 bits per heavy atom. The Hall–Kier alpha value is 1.29. The maximum absolute atomic E-state index is 8.57. The van der Waals surface area contributed by atoms with Crippen molar-refractivity contribution in [3.63, 3.8) is 0 Å². The second-order valence-corrected chi connectivity index (χ2v) is 1.90. The molecule has 0 unspecified atom stereocenters. The van der Waals surface area contributed by atoms with E-state index >= 15 is 0 Å². The fraction of sp³-hybridized carbons (Fsp3) is 0. The molecular weight excluding hydrogens is 413 g/mol. The van der Waals surface area contributed by atoms with Gasteiger partial charge in [-0.25, -0.2) is 0 Å². The van der Waals surface area contributed by atoms with Crippen LogP contribution in [0.1, 0.15) is 0 Å². The average molecular weight is 419 g/mol. The van der Waals surface area contributed by atoms with Crippen molar-refractivity contribution in [2.45, 2.75) is 0 Å². The van der Waals surface area contributed by atoms with Gasteiger partial charge in [0.25, 0.3) is 0 Å². The number of rotatable bonds is 0. The van der Waals surface area contributed by atoms with E-state index in [0.29, 0.717) is 0 Å². The van der Waals surface area contributed by atoms with E-state index in [-0.39, 0.29) is 16.5 Å². The zero-order valence-electron chi connectivity index (χ0n) is 8.91. The quantitative estimate of drug-likeness (QED) is 0.202. The molecule has 19 heavy (non-hydrogen) atoms. The van der Waals surface area contributed by atoms with E-state index in [2.05, 4.69) is 0 Å². The average Bonchev–Trinajstić information content (AvgIpc) is 2.23. The van der Waals surface area contributed by atoms with Crippen LogP contribution in [0.5, 0.6) is 0 Å². The summed E-state index contributed by atoms with van der Waals surface area (Å²) >= 11 is -9.00. The molecule has 0 aliphatic rings. The topological polar surface area (TPSA) is 224 Å². The van der Waals surface area contributed by atoms with Gasteiger partial charge in [0.2, 0.25) is 0 Å². The summed E-state index contributed by atoms with van der Waals surface area (Å²) in [6.07, 6.45) is 0. The molecule has 0 spiro atoms. The normalized spacial score (nSPS) is 2.53. The van der Waals surface area contributed by atoms with Gasteiger partial charge in [0.15, 0.2) is 0 Å². The summed E-state index contributed by atoms with van der Waals surface area (Å²) in [6.45, 7) is 0. The molecule has 0 heterocycles. The van der Waals surface area contributed by atoms with Crippen molar-refractivity contribution in [1.82, 2.24) is 0 Å². The Balaban J connectivity index is -0.0000000180. The summed E-state index contributed by atoms with van der Waals surface area (Å²) in [5, 5.41) is 0. The molecule has 0 rings (SSSR count). The van der Waals surface area contributed by atoms with Crippen LogP contribution in [0, 0.1) is 0 Å². The van der Waals surface area contributed by atoms with Gasteiger partial charge in [-0.2, -0.15) is 0 Å². The van der Waals surface area contributed by atoms with Crippen molar-refractivity contribution in [3.8, 4) is 0 Å². The first-order valence-electron chi connectivity index (χ1n) is 2.96. The molecule has 0 saturated heterocycles. The van der Waals surface area contributed by atoms with Crippen LogP contribution in [0.15, 0.2) is 0 Å². The van der Waals surface area contributed by atoms with Gasteiger partial charge < -0.3 is 0 Å². The third-order valence-electron chi connectivity index (χ3n) is 0. The molecule has 0 amide bonds. The minimum atomic E-state index is -1.50. The first-order chi connectivity index (χ1) is 8.49. The molecule has 0 bridgehead atoms. The van der Waals surface area contributed by atoms with E-state index in [1.807, 2.05) is 0 Å². The van der Waals surface area contributed by atoms with Gasteiger partial charge in [-0.1, -0.05) is 0 Å². The van der Waals surface area contributed by atoms with E-state index in [0.717, 1.165) is 0 Å². The summed E-state index contributed by atoms with van der Waals surface area (Å²) in [5.74, 6) is 0. The summed E-state index contributed by atoms with van der Waals surface area (Å²) in [6, 6.07) is 0. The Labute approximate surface area is 155 Å². The molecular formula is H6Al6NiO12. The predicted octanol–water partition coefficient (Wildman–Crippen LogP) is -6.34. The molecule has 0 aromatic carbocycles. The summed E-state index contributed by atoms with van der Waals surface area (Å²) in [7, 11) is 0. The van der Waals surface area contributed by atoms with Crippen molar-refractivity contribution < 1.29 is 64.3 Å². The Kier molecular flexibility index (Phi) is 273. The monoisotopic (exact) mass is 418 g/mol. The van der Waals surface area contributed by atoms with Crippen molar-refractivity contribution in [1.29, 1.82) is 0 Å². The second-order valence-electron chi connectivity index (χ2n) is 0.632. The Morgan fingerprint density at radius 2 is 0.368 bits per heavy atom. The van der Waals surface area contributed by atoms with E-state index in [1.165, 1.54) is 0 Å². The number of hydrogen-bond donors (Lipinski definition) is 6. The molecule has 6 N–H and O–H groups in total. The van der Waals surface area contributed by atoms with Crippen LogP contribution in [0.25, 0.3) is 0 Å². The van der Waals surface area contributed by atoms with Gasteiger partial charge in [0.1, 0.15) is 0 Å². The van der Waals surface area contributed by atoms with Crippen LogP contribution in [-0.4, -0.2) is 118 Å². The molecule has 12 nitrogen and oxygen atoms in total. The zero-order chi connectivity index (χ0) is 16.2. The Morgan fingerprint density at radius 1 is 0.368 bits per heavy atom. The van der Waals surface area contributed by atoms with Crippen LogP contribution >= 0.6 is 0 Å². The fourth-order valence-corrected chi connectivity index (χ4v) is 0. The van der Waals surface area contributed by atoms with Crippen molar-refractivity contribution >= 4 is 92.9 Å². The predicted molar refractivity (Wildman–Crippen MR) is 52.0 cm³/mol.